The zero-order valence-corrected chi connectivity index (χ0v) is 8.95. The Labute approximate surface area is 83.3 Å². The Kier molecular flexibility index (Phi) is 2.72. The molecular weight excluding hydrogens is 251 g/mol. The normalized spacial score (nSPS) is 32.1. The van der Waals surface area contributed by atoms with Crippen molar-refractivity contribution in [2.75, 3.05) is 5.75 Å². The van der Waals surface area contributed by atoms with Crippen LogP contribution in [0.4, 0.5) is 0 Å². The van der Waals surface area contributed by atoms with Gasteiger partial charge in [0, 0.05) is 16.4 Å². The molecule has 0 aromatic carbocycles. The first kappa shape index (κ1) is 9.99. The molecule has 1 heterocycles. The summed E-state index contributed by atoms with van der Waals surface area (Å²) in [5.41, 5.74) is 0. The molecular formula is C4H3Cl3O2S2. The topological polar surface area (TPSA) is 34.1 Å². The molecule has 0 aliphatic carbocycles. The van der Waals surface area contributed by atoms with Crippen LogP contribution < -0.4 is 0 Å². The van der Waals surface area contributed by atoms with Gasteiger partial charge in [-0.1, -0.05) is 23.2 Å². The van der Waals surface area contributed by atoms with Crippen molar-refractivity contribution in [1.29, 1.82) is 0 Å². The SMILES string of the molecule is O=S(=O)(Cl)C1(Cl)C=C(Cl)SC1. The van der Waals surface area contributed by atoms with Gasteiger partial charge in [0.1, 0.15) is 0 Å². The maximum atomic E-state index is 10.8. The molecule has 0 N–H and O–H groups in total. The lowest BCUT2D eigenvalue weighted by Gasteiger charge is -2.11. The molecule has 0 saturated heterocycles. The molecule has 0 spiro atoms. The standard InChI is InChI=1S/C4H3Cl3O2S2/c5-3-1-4(6,2-10-3)11(7,8)9/h1H,2H2. The van der Waals surface area contributed by atoms with Crippen LogP contribution in [0.2, 0.25) is 0 Å². The Hall–Kier alpha value is 0.910. The number of alkyl halides is 1. The second-order valence-corrected chi connectivity index (χ2v) is 7.33. The lowest BCUT2D eigenvalue weighted by molar-refractivity contribution is 0.602. The Morgan fingerprint density at radius 3 is 2.36 bits per heavy atom. The number of halogens is 3. The number of thioether (sulfide) groups is 1. The third kappa shape index (κ3) is 1.98. The summed E-state index contributed by atoms with van der Waals surface area (Å²) in [6.07, 6.45) is 1.24. The second-order valence-electron chi connectivity index (χ2n) is 1.96. The highest BCUT2D eigenvalue weighted by Crippen LogP contribution is 2.43. The second kappa shape index (κ2) is 3.00. The van der Waals surface area contributed by atoms with Crippen molar-refractivity contribution >= 4 is 54.7 Å². The summed E-state index contributed by atoms with van der Waals surface area (Å²) in [5.74, 6) is 0.166. The van der Waals surface area contributed by atoms with E-state index in [4.69, 9.17) is 33.9 Å². The average Bonchev–Trinajstić information content (AvgIpc) is 2.10. The van der Waals surface area contributed by atoms with E-state index in [0.717, 1.165) is 11.8 Å². The molecule has 1 aliphatic rings. The van der Waals surface area contributed by atoms with E-state index < -0.39 is 13.3 Å². The molecule has 1 aliphatic heterocycles. The van der Waals surface area contributed by atoms with Crippen LogP contribution in [0.15, 0.2) is 10.4 Å². The van der Waals surface area contributed by atoms with Crippen LogP contribution in [0.25, 0.3) is 0 Å². The van der Waals surface area contributed by atoms with E-state index in [0.29, 0.717) is 4.36 Å². The fourth-order valence-corrected chi connectivity index (χ4v) is 3.68. The van der Waals surface area contributed by atoms with Crippen molar-refractivity contribution in [2.24, 2.45) is 0 Å². The highest BCUT2D eigenvalue weighted by Gasteiger charge is 2.42. The number of hydrogen-bond acceptors (Lipinski definition) is 3. The van der Waals surface area contributed by atoms with Gasteiger partial charge in [-0.05, 0) is 6.08 Å². The molecule has 1 rings (SSSR count). The Bertz CT molecular complexity index is 296. The minimum absolute atomic E-state index is 0.166. The van der Waals surface area contributed by atoms with E-state index in [1.54, 1.807) is 0 Å². The fourth-order valence-electron chi connectivity index (χ4n) is 0.561. The van der Waals surface area contributed by atoms with Crippen LogP contribution in [0.5, 0.6) is 0 Å². The molecule has 64 valence electrons. The van der Waals surface area contributed by atoms with Gasteiger partial charge < -0.3 is 0 Å². The Balaban J connectivity index is 3.05. The van der Waals surface area contributed by atoms with Crippen molar-refractivity contribution in [3.05, 3.63) is 10.4 Å². The fraction of sp³-hybridized carbons (Fsp3) is 0.500. The van der Waals surface area contributed by atoms with Crippen molar-refractivity contribution in [2.45, 2.75) is 4.21 Å². The highest BCUT2D eigenvalue weighted by atomic mass is 35.7. The van der Waals surface area contributed by atoms with Crippen LogP contribution in [0.3, 0.4) is 0 Å². The summed E-state index contributed by atoms with van der Waals surface area (Å²) < 4.78 is 20.5. The zero-order chi connectivity index (χ0) is 8.70. The van der Waals surface area contributed by atoms with Gasteiger partial charge in [-0.15, -0.1) is 11.8 Å². The molecule has 1 atom stereocenters. The highest BCUT2D eigenvalue weighted by molar-refractivity contribution is 8.17. The molecule has 1 unspecified atom stereocenters. The van der Waals surface area contributed by atoms with Crippen molar-refractivity contribution in [1.82, 2.24) is 0 Å². The zero-order valence-electron chi connectivity index (χ0n) is 5.05. The number of hydrogen-bond donors (Lipinski definition) is 0. The molecule has 0 saturated carbocycles. The molecule has 0 bridgehead atoms. The Morgan fingerprint density at radius 1 is 1.64 bits per heavy atom. The van der Waals surface area contributed by atoms with Crippen LogP contribution >= 0.6 is 45.6 Å². The average molecular weight is 254 g/mol. The quantitative estimate of drug-likeness (QED) is 0.531. The van der Waals surface area contributed by atoms with E-state index in [1.807, 2.05) is 0 Å². The van der Waals surface area contributed by atoms with E-state index in [2.05, 4.69) is 0 Å². The van der Waals surface area contributed by atoms with E-state index in [9.17, 15) is 8.42 Å². The van der Waals surface area contributed by atoms with Crippen LogP contribution in [-0.4, -0.2) is 18.4 Å². The van der Waals surface area contributed by atoms with Crippen molar-refractivity contribution in [3.8, 4) is 0 Å². The van der Waals surface area contributed by atoms with E-state index >= 15 is 0 Å². The van der Waals surface area contributed by atoms with Gasteiger partial charge in [-0.2, -0.15) is 0 Å². The van der Waals surface area contributed by atoms with Gasteiger partial charge in [-0.3, -0.25) is 0 Å². The van der Waals surface area contributed by atoms with Crippen LogP contribution in [0, 0.1) is 0 Å². The third-order valence-corrected chi connectivity index (χ3v) is 5.90. The predicted octanol–water partition coefficient (Wildman–Crippen LogP) is 2.32. The molecule has 11 heavy (non-hydrogen) atoms. The van der Waals surface area contributed by atoms with Crippen LogP contribution in [-0.2, 0) is 9.05 Å². The molecule has 0 amide bonds. The molecule has 0 aromatic heterocycles. The lowest BCUT2D eigenvalue weighted by Crippen LogP contribution is -2.26. The molecule has 0 fully saturated rings. The summed E-state index contributed by atoms with van der Waals surface area (Å²) >= 11 is 12.3. The summed E-state index contributed by atoms with van der Waals surface area (Å²) in [4.78, 5) is 0. The van der Waals surface area contributed by atoms with Gasteiger partial charge in [0.25, 0.3) is 9.05 Å². The lowest BCUT2D eigenvalue weighted by atomic mass is 10.5. The summed E-state index contributed by atoms with van der Waals surface area (Å²) in [7, 11) is 1.29. The summed E-state index contributed by atoms with van der Waals surface area (Å²) in [5, 5.41) is 0. The predicted molar refractivity (Wildman–Crippen MR) is 49.8 cm³/mol. The maximum absolute atomic E-state index is 10.8. The first-order chi connectivity index (χ1) is 4.85. The van der Waals surface area contributed by atoms with Gasteiger partial charge in [0.05, 0.1) is 4.36 Å². The van der Waals surface area contributed by atoms with E-state index in [-0.39, 0.29) is 5.75 Å². The smallest absolute Gasteiger partial charge is 0.210 e. The largest absolute Gasteiger partial charge is 0.256 e. The van der Waals surface area contributed by atoms with Gasteiger partial charge in [0.15, 0.2) is 4.21 Å². The van der Waals surface area contributed by atoms with Gasteiger partial charge in [0.2, 0.25) is 0 Å². The third-order valence-electron chi connectivity index (χ3n) is 1.14. The number of rotatable bonds is 1. The first-order valence-corrected chi connectivity index (χ1v) is 6.54. The summed E-state index contributed by atoms with van der Waals surface area (Å²) in [6, 6.07) is 0. The molecule has 0 radical (unpaired) electrons. The van der Waals surface area contributed by atoms with Crippen molar-refractivity contribution in [3.63, 3.8) is 0 Å². The Morgan fingerprint density at radius 2 is 2.18 bits per heavy atom. The molecule has 0 aromatic rings. The van der Waals surface area contributed by atoms with Gasteiger partial charge in [-0.25, -0.2) is 8.42 Å². The first-order valence-electron chi connectivity index (χ1n) is 2.49. The molecule has 7 heteroatoms. The minimum atomic E-state index is -3.78. The van der Waals surface area contributed by atoms with Crippen molar-refractivity contribution < 1.29 is 8.42 Å². The molecule has 2 nitrogen and oxygen atoms in total. The maximum Gasteiger partial charge on any atom is 0.256 e. The summed E-state index contributed by atoms with van der Waals surface area (Å²) in [6.45, 7) is 0. The monoisotopic (exact) mass is 252 g/mol. The van der Waals surface area contributed by atoms with Gasteiger partial charge >= 0.3 is 0 Å². The van der Waals surface area contributed by atoms with Crippen LogP contribution in [0.1, 0.15) is 0 Å². The van der Waals surface area contributed by atoms with E-state index in [1.165, 1.54) is 6.08 Å². The minimum Gasteiger partial charge on any atom is -0.210 e.